The van der Waals surface area contributed by atoms with E-state index in [0.717, 1.165) is 11.3 Å². The Kier molecular flexibility index (Phi) is 2.37. The van der Waals surface area contributed by atoms with Crippen LogP contribution in [0.1, 0.15) is 18.4 Å². The van der Waals surface area contributed by atoms with Gasteiger partial charge in [0.05, 0.1) is 5.71 Å². The van der Waals surface area contributed by atoms with Crippen molar-refractivity contribution in [1.82, 2.24) is 5.43 Å². The molecule has 0 saturated carbocycles. The zero-order chi connectivity index (χ0) is 11.7. The van der Waals surface area contributed by atoms with E-state index in [4.69, 9.17) is 0 Å². The van der Waals surface area contributed by atoms with E-state index in [1.54, 1.807) is 0 Å². The monoisotopic (exact) mass is 224 g/mol. The minimum Gasteiger partial charge on any atom is -0.273 e. The molecule has 1 aliphatic rings. The van der Waals surface area contributed by atoms with Crippen LogP contribution >= 0.6 is 0 Å². The van der Waals surface area contributed by atoms with E-state index in [9.17, 15) is 4.79 Å². The second-order valence-electron chi connectivity index (χ2n) is 4.16. The topological polar surface area (TPSA) is 41.5 Å². The molecule has 3 nitrogen and oxygen atoms in total. The van der Waals surface area contributed by atoms with Gasteiger partial charge in [-0.2, -0.15) is 5.10 Å². The highest BCUT2D eigenvalue weighted by Crippen LogP contribution is 2.18. The minimum atomic E-state index is -0.00506. The van der Waals surface area contributed by atoms with Gasteiger partial charge in [0.2, 0.25) is 5.91 Å². The summed E-state index contributed by atoms with van der Waals surface area (Å²) in [5, 5.41) is 6.52. The number of benzene rings is 2. The van der Waals surface area contributed by atoms with Crippen molar-refractivity contribution in [2.45, 2.75) is 12.8 Å². The van der Waals surface area contributed by atoms with Crippen molar-refractivity contribution in [3.05, 3.63) is 48.0 Å². The Balaban J connectivity index is 2.03. The number of fused-ring (bicyclic) bond motifs is 1. The molecule has 0 unspecified atom stereocenters. The van der Waals surface area contributed by atoms with E-state index in [2.05, 4.69) is 40.9 Å². The SMILES string of the molecule is O=C1CCC(c2ccc3ccccc3c2)=NN1. The van der Waals surface area contributed by atoms with Crippen molar-refractivity contribution >= 4 is 22.4 Å². The van der Waals surface area contributed by atoms with Crippen molar-refractivity contribution in [2.24, 2.45) is 5.10 Å². The molecule has 1 amide bonds. The van der Waals surface area contributed by atoms with Gasteiger partial charge in [0.25, 0.3) is 0 Å². The number of hydrazone groups is 1. The fraction of sp³-hybridized carbons (Fsp3) is 0.143. The molecule has 2 aromatic rings. The Morgan fingerprint density at radius 1 is 1.00 bits per heavy atom. The van der Waals surface area contributed by atoms with Gasteiger partial charge in [-0.3, -0.25) is 4.79 Å². The third-order valence-corrected chi connectivity index (χ3v) is 2.99. The summed E-state index contributed by atoms with van der Waals surface area (Å²) in [6.07, 6.45) is 1.23. The summed E-state index contributed by atoms with van der Waals surface area (Å²) in [5.41, 5.74) is 4.57. The van der Waals surface area contributed by atoms with Gasteiger partial charge in [-0.25, -0.2) is 5.43 Å². The van der Waals surface area contributed by atoms with Gasteiger partial charge in [-0.1, -0.05) is 36.4 Å². The highest BCUT2D eigenvalue weighted by molar-refractivity contribution is 6.06. The Hall–Kier alpha value is -2.16. The summed E-state index contributed by atoms with van der Waals surface area (Å²) in [7, 11) is 0. The predicted molar refractivity (Wildman–Crippen MR) is 67.9 cm³/mol. The summed E-state index contributed by atoms with van der Waals surface area (Å²) < 4.78 is 0. The Bertz CT molecular complexity index is 616. The Morgan fingerprint density at radius 3 is 2.59 bits per heavy atom. The van der Waals surface area contributed by atoms with Crippen molar-refractivity contribution in [1.29, 1.82) is 0 Å². The maximum absolute atomic E-state index is 11.0. The van der Waals surface area contributed by atoms with Crippen LogP contribution in [0, 0.1) is 0 Å². The predicted octanol–water partition coefficient (Wildman–Crippen LogP) is 2.45. The highest BCUT2D eigenvalue weighted by atomic mass is 16.2. The molecule has 0 spiro atoms. The first-order chi connectivity index (χ1) is 8.33. The average molecular weight is 224 g/mol. The molecule has 17 heavy (non-hydrogen) atoms. The second-order valence-corrected chi connectivity index (χ2v) is 4.16. The van der Waals surface area contributed by atoms with E-state index in [1.807, 2.05) is 12.1 Å². The highest BCUT2D eigenvalue weighted by Gasteiger charge is 2.13. The van der Waals surface area contributed by atoms with Crippen LogP contribution in [0.3, 0.4) is 0 Å². The summed E-state index contributed by atoms with van der Waals surface area (Å²) in [6.45, 7) is 0. The molecular weight excluding hydrogens is 212 g/mol. The first-order valence-electron chi connectivity index (χ1n) is 5.67. The molecule has 0 aromatic heterocycles. The molecule has 1 heterocycles. The number of nitrogens with one attached hydrogen (secondary N) is 1. The van der Waals surface area contributed by atoms with E-state index in [-0.39, 0.29) is 5.91 Å². The fourth-order valence-electron chi connectivity index (χ4n) is 2.05. The van der Waals surface area contributed by atoms with Crippen molar-refractivity contribution in [3.8, 4) is 0 Å². The average Bonchev–Trinajstić information content (AvgIpc) is 2.39. The molecule has 0 aliphatic carbocycles. The van der Waals surface area contributed by atoms with Crippen LogP contribution in [0.25, 0.3) is 10.8 Å². The van der Waals surface area contributed by atoms with E-state index in [0.29, 0.717) is 12.8 Å². The van der Waals surface area contributed by atoms with Crippen molar-refractivity contribution < 1.29 is 4.79 Å². The van der Waals surface area contributed by atoms with Crippen molar-refractivity contribution in [3.63, 3.8) is 0 Å². The number of hydrogen-bond acceptors (Lipinski definition) is 2. The number of hydrogen-bond donors (Lipinski definition) is 1. The van der Waals surface area contributed by atoms with Crippen LogP contribution < -0.4 is 5.43 Å². The van der Waals surface area contributed by atoms with Gasteiger partial charge < -0.3 is 0 Å². The summed E-state index contributed by atoms with van der Waals surface area (Å²) in [6, 6.07) is 14.5. The standard InChI is InChI=1S/C14H12N2O/c17-14-8-7-13(15-16-14)12-6-5-10-3-1-2-4-11(10)9-12/h1-6,9H,7-8H2,(H,16,17). The molecule has 0 fully saturated rings. The molecule has 0 saturated heterocycles. The van der Waals surface area contributed by atoms with Gasteiger partial charge in [0.15, 0.2) is 0 Å². The number of carbonyl (C=O) groups excluding carboxylic acids is 1. The summed E-state index contributed by atoms with van der Waals surface area (Å²) in [4.78, 5) is 11.0. The maximum Gasteiger partial charge on any atom is 0.240 e. The van der Waals surface area contributed by atoms with Gasteiger partial charge in [0, 0.05) is 12.8 Å². The van der Waals surface area contributed by atoms with Crippen LogP contribution in [-0.2, 0) is 4.79 Å². The minimum absolute atomic E-state index is 0.00506. The fourth-order valence-corrected chi connectivity index (χ4v) is 2.05. The smallest absolute Gasteiger partial charge is 0.240 e. The Labute approximate surface area is 99.1 Å². The molecule has 3 heteroatoms. The quantitative estimate of drug-likeness (QED) is 0.794. The van der Waals surface area contributed by atoms with E-state index < -0.39 is 0 Å². The van der Waals surface area contributed by atoms with Crippen molar-refractivity contribution in [2.75, 3.05) is 0 Å². The molecule has 1 aliphatic heterocycles. The molecule has 2 aromatic carbocycles. The zero-order valence-electron chi connectivity index (χ0n) is 9.31. The van der Waals surface area contributed by atoms with E-state index >= 15 is 0 Å². The molecule has 3 rings (SSSR count). The molecule has 0 bridgehead atoms. The molecule has 0 atom stereocenters. The van der Waals surface area contributed by atoms with Gasteiger partial charge in [0.1, 0.15) is 0 Å². The van der Waals surface area contributed by atoms with Crippen LogP contribution in [0.15, 0.2) is 47.6 Å². The van der Waals surface area contributed by atoms with Crippen LogP contribution in [0.2, 0.25) is 0 Å². The molecule has 84 valence electrons. The lowest BCUT2D eigenvalue weighted by molar-refractivity contribution is -0.121. The first kappa shape index (κ1) is 10.0. The number of carbonyl (C=O) groups is 1. The largest absolute Gasteiger partial charge is 0.273 e. The molecular formula is C14H12N2O. The summed E-state index contributed by atoms with van der Waals surface area (Å²) in [5.74, 6) is -0.00506. The first-order valence-corrected chi connectivity index (χ1v) is 5.67. The second kappa shape index (κ2) is 4.01. The maximum atomic E-state index is 11.0. The molecule has 0 radical (unpaired) electrons. The van der Waals surface area contributed by atoms with Gasteiger partial charge >= 0.3 is 0 Å². The third-order valence-electron chi connectivity index (χ3n) is 2.99. The summed E-state index contributed by atoms with van der Waals surface area (Å²) >= 11 is 0. The normalized spacial score (nSPS) is 15.5. The Morgan fingerprint density at radius 2 is 1.82 bits per heavy atom. The van der Waals surface area contributed by atoms with Gasteiger partial charge in [-0.15, -0.1) is 0 Å². The number of nitrogens with zero attached hydrogens (tertiary/aromatic N) is 1. The molecule has 1 N–H and O–H groups in total. The van der Waals surface area contributed by atoms with Crippen LogP contribution in [0.5, 0.6) is 0 Å². The van der Waals surface area contributed by atoms with E-state index in [1.165, 1.54) is 10.8 Å². The van der Waals surface area contributed by atoms with Gasteiger partial charge in [-0.05, 0) is 22.4 Å². The van der Waals surface area contributed by atoms with Crippen LogP contribution in [0.4, 0.5) is 0 Å². The lowest BCUT2D eigenvalue weighted by Gasteiger charge is -2.12. The third kappa shape index (κ3) is 1.91. The lowest BCUT2D eigenvalue weighted by Crippen LogP contribution is -2.25. The lowest BCUT2D eigenvalue weighted by atomic mass is 10.0. The number of rotatable bonds is 1. The number of amides is 1. The van der Waals surface area contributed by atoms with Crippen LogP contribution in [-0.4, -0.2) is 11.6 Å². The zero-order valence-corrected chi connectivity index (χ0v) is 9.31.